The molecule has 2 rings (SSSR count). The molecule has 0 amide bonds. The lowest BCUT2D eigenvalue weighted by Crippen LogP contribution is -2.28. The molecule has 2 N–H and O–H groups in total. The van der Waals surface area contributed by atoms with Gasteiger partial charge in [-0.25, -0.2) is 0 Å². The predicted octanol–water partition coefficient (Wildman–Crippen LogP) is 2.26. The first-order chi connectivity index (χ1) is 7.28. The van der Waals surface area contributed by atoms with Gasteiger partial charge in [-0.1, -0.05) is 17.8 Å². The highest BCUT2D eigenvalue weighted by Gasteiger charge is 2.21. The predicted molar refractivity (Wildman–Crippen MR) is 64.1 cm³/mol. The molecule has 0 aliphatic heterocycles. The number of rotatable bonds is 3. The maximum atomic E-state index is 9.12. The van der Waals surface area contributed by atoms with Crippen molar-refractivity contribution in [1.82, 2.24) is 10.2 Å². The topological polar surface area (TPSA) is 58.0 Å². The number of anilines is 1. The molecule has 1 aliphatic rings. The van der Waals surface area contributed by atoms with Gasteiger partial charge in [-0.15, -0.1) is 10.2 Å². The summed E-state index contributed by atoms with van der Waals surface area (Å²) < 4.78 is 0.805. The van der Waals surface area contributed by atoms with Crippen molar-refractivity contribution in [2.75, 3.05) is 11.9 Å². The molecule has 15 heavy (non-hydrogen) atoms. The molecule has 1 saturated carbocycles. The van der Waals surface area contributed by atoms with E-state index in [2.05, 4.69) is 31.4 Å². The van der Waals surface area contributed by atoms with Crippen LogP contribution >= 0.6 is 27.3 Å². The Morgan fingerprint density at radius 2 is 2.33 bits per heavy atom. The van der Waals surface area contributed by atoms with Gasteiger partial charge < -0.3 is 10.4 Å². The first-order valence-corrected chi connectivity index (χ1v) is 6.75. The Morgan fingerprint density at radius 3 is 3.00 bits per heavy atom. The number of aliphatic hydroxyl groups excluding tert-OH is 1. The van der Waals surface area contributed by atoms with Crippen molar-refractivity contribution in [3.05, 3.63) is 3.92 Å². The average molecular weight is 292 g/mol. The highest BCUT2D eigenvalue weighted by atomic mass is 79.9. The number of hydrogen-bond donors (Lipinski definition) is 2. The Morgan fingerprint density at radius 1 is 1.47 bits per heavy atom. The Kier molecular flexibility index (Phi) is 3.93. The minimum Gasteiger partial charge on any atom is -0.396 e. The van der Waals surface area contributed by atoms with E-state index in [4.69, 9.17) is 5.11 Å². The maximum absolute atomic E-state index is 9.12. The van der Waals surface area contributed by atoms with E-state index in [-0.39, 0.29) is 0 Å². The van der Waals surface area contributed by atoms with E-state index in [0.29, 0.717) is 18.6 Å². The third kappa shape index (κ3) is 3.12. The van der Waals surface area contributed by atoms with E-state index >= 15 is 0 Å². The van der Waals surface area contributed by atoms with Crippen molar-refractivity contribution in [2.24, 2.45) is 5.92 Å². The minimum atomic E-state index is 0.304. The summed E-state index contributed by atoms with van der Waals surface area (Å²) in [5.41, 5.74) is 0. The molecule has 4 nitrogen and oxygen atoms in total. The van der Waals surface area contributed by atoms with E-state index in [1.807, 2.05) is 0 Å². The van der Waals surface area contributed by atoms with Crippen LogP contribution in [-0.4, -0.2) is 28.0 Å². The average Bonchev–Trinajstić information content (AvgIpc) is 2.64. The summed E-state index contributed by atoms with van der Waals surface area (Å²) in [5.74, 6) is 0.451. The maximum Gasteiger partial charge on any atom is 0.206 e. The van der Waals surface area contributed by atoms with Crippen LogP contribution < -0.4 is 5.32 Å². The van der Waals surface area contributed by atoms with Gasteiger partial charge in [0.2, 0.25) is 5.13 Å². The fourth-order valence-corrected chi connectivity index (χ4v) is 3.11. The SMILES string of the molecule is OCC1CCCC(Nc2nnc(Br)s2)C1. The summed E-state index contributed by atoms with van der Waals surface area (Å²) in [6.07, 6.45) is 4.53. The number of nitrogens with one attached hydrogen (secondary N) is 1. The normalized spacial score (nSPS) is 26.5. The Bertz CT molecular complexity index is 320. The zero-order chi connectivity index (χ0) is 10.7. The van der Waals surface area contributed by atoms with E-state index in [9.17, 15) is 0 Å². The summed E-state index contributed by atoms with van der Waals surface area (Å²) in [6.45, 7) is 0.304. The smallest absolute Gasteiger partial charge is 0.206 e. The van der Waals surface area contributed by atoms with Crippen molar-refractivity contribution >= 4 is 32.4 Å². The third-order valence-corrected chi connectivity index (χ3v) is 4.06. The molecule has 0 radical (unpaired) electrons. The number of aromatic nitrogens is 2. The minimum absolute atomic E-state index is 0.304. The molecule has 1 aromatic rings. The van der Waals surface area contributed by atoms with Gasteiger partial charge in [0.1, 0.15) is 0 Å². The Balaban J connectivity index is 1.88. The summed E-state index contributed by atoms with van der Waals surface area (Å²) in [5, 5.41) is 21.3. The molecule has 1 heterocycles. The van der Waals surface area contributed by atoms with Gasteiger partial charge in [0.15, 0.2) is 3.92 Å². The number of aliphatic hydroxyl groups is 1. The molecule has 1 aliphatic carbocycles. The van der Waals surface area contributed by atoms with Crippen molar-refractivity contribution in [3.8, 4) is 0 Å². The molecule has 6 heteroatoms. The number of hydrogen-bond acceptors (Lipinski definition) is 5. The first-order valence-electron chi connectivity index (χ1n) is 5.14. The summed E-state index contributed by atoms with van der Waals surface area (Å²) in [6, 6.07) is 0.441. The fourth-order valence-electron chi connectivity index (χ4n) is 2.03. The van der Waals surface area contributed by atoms with Gasteiger partial charge in [-0.2, -0.15) is 0 Å². The van der Waals surface area contributed by atoms with Crippen molar-refractivity contribution < 1.29 is 5.11 Å². The molecule has 1 fully saturated rings. The van der Waals surface area contributed by atoms with Crippen LogP contribution in [0.15, 0.2) is 3.92 Å². The van der Waals surface area contributed by atoms with Crippen LogP contribution in [0.1, 0.15) is 25.7 Å². The van der Waals surface area contributed by atoms with E-state index in [1.165, 1.54) is 17.8 Å². The lowest BCUT2D eigenvalue weighted by Gasteiger charge is -2.28. The Hall–Kier alpha value is -0.200. The largest absolute Gasteiger partial charge is 0.396 e. The lowest BCUT2D eigenvalue weighted by molar-refractivity contribution is 0.184. The monoisotopic (exact) mass is 291 g/mol. The van der Waals surface area contributed by atoms with Crippen LogP contribution in [0, 0.1) is 5.92 Å². The van der Waals surface area contributed by atoms with Crippen molar-refractivity contribution in [1.29, 1.82) is 0 Å². The molecule has 84 valence electrons. The van der Waals surface area contributed by atoms with Gasteiger partial charge in [0, 0.05) is 12.6 Å². The zero-order valence-corrected chi connectivity index (χ0v) is 10.7. The standard InChI is InChI=1S/C9H14BrN3OS/c10-8-12-13-9(15-8)11-7-3-1-2-6(4-7)5-14/h6-7,14H,1-5H2,(H,11,13). The number of halogens is 1. The van der Waals surface area contributed by atoms with E-state index < -0.39 is 0 Å². The van der Waals surface area contributed by atoms with Crippen LogP contribution in [0.2, 0.25) is 0 Å². The number of nitrogens with zero attached hydrogens (tertiary/aromatic N) is 2. The van der Waals surface area contributed by atoms with Crippen molar-refractivity contribution in [3.63, 3.8) is 0 Å². The van der Waals surface area contributed by atoms with Crippen LogP contribution in [0.3, 0.4) is 0 Å². The van der Waals surface area contributed by atoms with E-state index in [0.717, 1.165) is 28.3 Å². The third-order valence-electron chi connectivity index (χ3n) is 2.77. The zero-order valence-electron chi connectivity index (χ0n) is 8.32. The van der Waals surface area contributed by atoms with Gasteiger partial charge in [-0.05, 0) is 41.1 Å². The summed E-state index contributed by atoms with van der Waals surface area (Å²) in [4.78, 5) is 0. The fraction of sp³-hybridized carbons (Fsp3) is 0.778. The quantitative estimate of drug-likeness (QED) is 0.897. The second kappa shape index (κ2) is 5.23. The lowest BCUT2D eigenvalue weighted by atomic mass is 9.86. The van der Waals surface area contributed by atoms with Crippen LogP contribution in [0.25, 0.3) is 0 Å². The second-order valence-corrected chi connectivity index (χ2v) is 6.17. The van der Waals surface area contributed by atoms with Gasteiger partial charge >= 0.3 is 0 Å². The highest BCUT2D eigenvalue weighted by Crippen LogP contribution is 2.28. The second-order valence-electron chi connectivity index (χ2n) is 3.92. The molecule has 0 bridgehead atoms. The first kappa shape index (κ1) is 11.3. The van der Waals surface area contributed by atoms with Gasteiger partial charge in [-0.3, -0.25) is 0 Å². The van der Waals surface area contributed by atoms with Crippen LogP contribution in [0.4, 0.5) is 5.13 Å². The molecule has 0 aromatic carbocycles. The highest BCUT2D eigenvalue weighted by molar-refractivity contribution is 9.11. The summed E-state index contributed by atoms with van der Waals surface area (Å²) in [7, 11) is 0. The molecule has 1 aromatic heterocycles. The van der Waals surface area contributed by atoms with Gasteiger partial charge in [0.25, 0.3) is 0 Å². The van der Waals surface area contributed by atoms with Crippen molar-refractivity contribution in [2.45, 2.75) is 31.7 Å². The van der Waals surface area contributed by atoms with Crippen LogP contribution in [-0.2, 0) is 0 Å². The molecular weight excluding hydrogens is 278 g/mol. The molecule has 2 atom stereocenters. The molecular formula is C9H14BrN3OS. The van der Waals surface area contributed by atoms with Gasteiger partial charge in [0.05, 0.1) is 0 Å². The summed E-state index contributed by atoms with van der Waals surface area (Å²) >= 11 is 4.80. The Labute approximate surface area is 101 Å². The molecule has 0 saturated heterocycles. The van der Waals surface area contributed by atoms with Crippen LogP contribution in [0.5, 0.6) is 0 Å². The molecule has 0 spiro atoms. The van der Waals surface area contributed by atoms with E-state index in [1.54, 1.807) is 0 Å². The molecule has 2 unspecified atom stereocenters.